The standard InChI is InChI=1S/C19H20F3NO2/c1-3-23(25-18(24)16-9-5-4-6-10-16)14(2)12-15-8-7-11-17(13-15)19(20,21)22/h4-11,13-14H,3,12H2,1-2H3. The Kier molecular flexibility index (Phi) is 6.20. The highest BCUT2D eigenvalue weighted by Crippen LogP contribution is 2.29. The lowest BCUT2D eigenvalue weighted by molar-refractivity contribution is -0.137. The van der Waals surface area contributed by atoms with Crippen LogP contribution in [0.5, 0.6) is 0 Å². The van der Waals surface area contributed by atoms with Gasteiger partial charge in [-0.1, -0.05) is 36.4 Å². The monoisotopic (exact) mass is 351 g/mol. The molecule has 0 amide bonds. The normalized spacial score (nSPS) is 12.9. The number of hydrogen-bond acceptors (Lipinski definition) is 3. The van der Waals surface area contributed by atoms with Crippen LogP contribution in [0.1, 0.15) is 35.3 Å². The van der Waals surface area contributed by atoms with Gasteiger partial charge in [0.05, 0.1) is 11.1 Å². The molecule has 2 aromatic rings. The zero-order chi connectivity index (χ0) is 18.4. The fourth-order valence-corrected chi connectivity index (χ4v) is 2.52. The van der Waals surface area contributed by atoms with Gasteiger partial charge in [0.1, 0.15) is 0 Å². The van der Waals surface area contributed by atoms with Crippen molar-refractivity contribution in [2.75, 3.05) is 6.54 Å². The number of halogens is 3. The molecule has 0 aromatic heterocycles. The Morgan fingerprint density at radius 1 is 1.12 bits per heavy atom. The van der Waals surface area contributed by atoms with E-state index in [1.807, 2.05) is 13.8 Å². The number of carbonyl (C=O) groups is 1. The molecule has 0 saturated carbocycles. The summed E-state index contributed by atoms with van der Waals surface area (Å²) < 4.78 is 38.4. The molecule has 0 aliphatic carbocycles. The summed E-state index contributed by atoms with van der Waals surface area (Å²) in [7, 11) is 0. The predicted octanol–water partition coefficient (Wildman–Crippen LogP) is 4.73. The van der Waals surface area contributed by atoms with Crippen molar-refractivity contribution in [1.82, 2.24) is 5.06 Å². The number of rotatable bonds is 6. The van der Waals surface area contributed by atoms with E-state index in [4.69, 9.17) is 4.84 Å². The third-order valence-corrected chi connectivity index (χ3v) is 3.80. The van der Waals surface area contributed by atoms with Gasteiger partial charge in [0, 0.05) is 12.6 Å². The summed E-state index contributed by atoms with van der Waals surface area (Å²) in [5.74, 6) is -0.488. The molecule has 0 fully saturated rings. The van der Waals surface area contributed by atoms with E-state index in [1.165, 1.54) is 11.1 Å². The van der Waals surface area contributed by atoms with E-state index in [9.17, 15) is 18.0 Å². The van der Waals surface area contributed by atoms with Crippen molar-refractivity contribution in [3.05, 3.63) is 71.3 Å². The van der Waals surface area contributed by atoms with Crippen LogP contribution in [0.2, 0.25) is 0 Å². The first-order chi connectivity index (χ1) is 11.8. The summed E-state index contributed by atoms with van der Waals surface area (Å²) in [6, 6.07) is 13.5. The molecular formula is C19H20F3NO2. The van der Waals surface area contributed by atoms with Gasteiger partial charge in [-0.2, -0.15) is 13.2 Å². The van der Waals surface area contributed by atoms with Crippen molar-refractivity contribution >= 4 is 5.97 Å². The minimum atomic E-state index is -4.37. The third-order valence-electron chi connectivity index (χ3n) is 3.80. The quantitative estimate of drug-likeness (QED) is 0.705. The van der Waals surface area contributed by atoms with Crippen LogP contribution in [0.4, 0.5) is 13.2 Å². The molecule has 2 rings (SSSR count). The van der Waals surface area contributed by atoms with Crippen molar-refractivity contribution in [1.29, 1.82) is 0 Å². The third kappa shape index (κ3) is 5.32. The predicted molar refractivity (Wildman–Crippen MR) is 88.8 cm³/mol. The highest BCUT2D eigenvalue weighted by atomic mass is 19.4. The second-order valence-electron chi connectivity index (χ2n) is 5.73. The topological polar surface area (TPSA) is 29.5 Å². The molecule has 1 atom stereocenters. The van der Waals surface area contributed by atoms with E-state index < -0.39 is 17.7 Å². The van der Waals surface area contributed by atoms with E-state index in [0.717, 1.165) is 12.1 Å². The molecule has 3 nitrogen and oxygen atoms in total. The maximum atomic E-state index is 12.8. The molecule has 134 valence electrons. The molecule has 0 heterocycles. The van der Waals surface area contributed by atoms with E-state index in [0.29, 0.717) is 24.1 Å². The molecule has 1 unspecified atom stereocenters. The van der Waals surface area contributed by atoms with E-state index in [1.54, 1.807) is 36.4 Å². The molecule has 0 aliphatic heterocycles. The van der Waals surface area contributed by atoms with Gasteiger partial charge in [-0.25, -0.2) is 4.79 Å². The van der Waals surface area contributed by atoms with Gasteiger partial charge in [-0.3, -0.25) is 0 Å². The van der Waals surface area contributed by atoms with E-state index in [2.05, 4.69) is 0 Å². The molecule has 2 aromatic carbocycles. The van der Waals surface area contributed by atoms with Crippen LogP contribution < -0.4 is 0 Å². The van der Waals surface area contributed by atoms with E-state index in [-0.39, 0.29) is 6.04 Å². The van der Waals surface area contributed by atoms with Gasteiger partial charge >= 0.3 is 12.1 Å². The molecule has 0 N–H and O–H groups in total. The average Bonchev–Trinajstić information content (AvgIpc) is 2.59. The second kappa shape index (κ2) is 8.16. The maximum absolute atomic E-state index is 12.8. The first kappa shape index (κ1) is 19.0. The number of carbonyl (C=O) groups excluding carboxylic acids is 1. The SMILES string of the molecule is CCN(OC(=O)c1ccccc1)C(C)Cc1cccc(C(F)(F)F)c1. The van der Waals surface area contributed by atoms with Gasteiger partial charge in [0.15, 0.2) is 0 Å². The molecule has 0 spiro atoms. The van der Waals surface area contributed by atoms with Gasteiger partial charge in [-0.05, 0) is 44.0 Å². The van der Waals surface area contributed by atoms with Crippen LogP contribution in [-0.4, -0.2) is 23.6 Å². The molecule has 0 aliphatic rings. The van der Waals surface area contributed by atoms with E-state index >= 15 is 0 Å². The maximum Gasteiger partial charge on any atom is 0.416 e. The average molecular weight is 351 g/mol. The number of alkyl halides is 3. The van der Waals surface area contributed by atoms with Crippen molar-refractivity contribution in [3.8, 4) is 0 Å². The number of likely N-dealkylation sites (N-methyl/N-ethyl adjacent to an activating group) is 1. The molecular weight excluding hydrogens is 331 g/mol. The Morgan fingerprint density at radius 3 is 2.40 bits per heavy atom. The summed E-state index contributed by atoms with van der Waals surface area (Å²) in [4.78, 5) is 17.5. The highest BCUT2D eigenvalue weighted by molar-refractivity contribution is 5.89. The fraction of sp³-hybridized carbons (Fsp3) is 0.316. The van der Waals surface area contributed by atoms with Crippen LogP contribution >= 0.6 is 0 Å². The smallest absolute Gasteiger partial charge is 0.364 e. The van der Waals surface area contributed by atoms with Gasteiger partial charge in [0.2, 0.25) is 0 Å². The second-order valence-corrected chi connectivity index (χ2v) is 5.73. The minimum absolute atomic E-state index is 0.263. The summed E-state index contributed by atoms with van der Waals surface area (Å²) in [5.41, 5.74) is 0.283. The van der Waals surface area contributed by atoms with Crippen molar-refractivity contribution < 1.29 is 22.8 Å². The fourth-order valence-electron chi connectivity index (χ4n) is 2.52. The van der Waals surface area contributed by atoms with Crippen LogP contribution in [0.15, 0.2) is 54.6 Å². The van der Waals surface area contributed by atoms with Gasteiger partial charge in [0.25, 0.3) is 0 Å². The number of benzene rings is 2. The lowest BCUT2D eigenvalue weighted by atomic mass is 10.0. The summed E-state index contributed by atoms with van der Waals surface area (Å²) in [6.45, 7) is 4.06. The van der Waals surface area contributed by atoms with Gasteiger partial charge in [-0.15, -0.1) is 5.06 Å². The minimum Gasteiger partial charge on any atom is -0.364 e. The lowest BCUT2D eigenvalue weighted by Crippen LogP contribution is -2.36. The van der Waals surface area contributed by atoms with Gasteiger partial charge < -0.3 is 4.84 Å². The van der Waals surface area contributed by atoms with Crippen LogP contribution in [-0.2, 0) is 17.4 Å². The Labute approximate surface area is 145 Å². The molecule has 0 bridgehead atoms. The number of hydroxylamine groups is 2. The highest BCUT2D eigenvalue weighted by Gasteiger charge is 2.30. The lowest BCUT2D eigenvalue weighted by Gasteiger charge is -2.26. The summed E-state index contributed by atoms with van der Waals surface area (Å²) in [5, 5.41) is 1.48. The first-order valence-electron chi connectivity index (χ1n) is 8.01. The molecule has 6 heteroatoms. The van der Waals surface area contributed by atoms with Crippen LogP contribution in [0.3, 0.4) is 0 Å². The zero-order valence-electron chi connectivity index (χ0n) is 14.1. The molecule has 0 saturated heterocycles. The van der Waals surface area contributed by atoms with Crippen molar-refractivity contribution in [2.45, 2.75) is 32.5 Å². The Bertz CT molecular complexity index is 701. The first-order valence-corrected chi connectivity index (χ1v) is 8.01. The van der Waals surface area contributed by atoms with Crippen LogP contribution in [0.25, 0.3) is 0 Å². The Morgan fingerprint density at radius 2 is 1.80 bits per heavy atom. The Balaban J connectivity index is 2.05. The van der Waals surface area contributed by atoms with Crippen LogP contribution in [0, 0.1) is 0 Å². The number of nitrogens with zero attached hydrogens (tertiary/aromatic N) is 1. The summed E-state index contributed by atoms with van der Waals surface area (Å²) in [6.07, 6.45) is -4.04. The van der Waals surface area contributed by atoms with Crippen molar-refractivity contribution in [3.63, 3.8) is 0 Å². The molecule has 25 heavy (non-hydrogen) atoms. The molecule has 0 radical (unpaired) electrons. The van der Waals surface area contributed by atoms with Crippen molar-refractivity contribution in [2.24, 2.45) is 0 Å². The summed E-state index contributed by atoms with van der Waals surface area (Å²) >= 11 is 0. The Hall–Kier alpha value is -2.34. The zero-order valence-corrected chi connectivity index (χ0v) is 14.1. The largest absolute Gasteiger partial charge is 0.416 e. The number of hydrogen-bond donors (Lipinski definition) is 0.